The number of methoxy groups -OCH3 is 1. The summed E-state index contributed by atoms with van der Waals surface area (Å²) in [6, 6.07) is 7.60. The zero-order chi connectivity index (χ0) is 17.8. The van der Waals surface area contributed by atoms with Crippen molar-refractivity contribution in [1.82, 2.24) is 15.2 Å². The molecule has 0 saturated carbocycles. The molecule has 2 aromatic rings. The van der Waals surface area contributed by atoms with Crippen LogP contribution in [0.3, 0.4) is 0 Å². The number of carbonyl (C=O) groups is 1. The molecule has 25 heavy (non-hydrogen) atoms. The Morgan fingerprint density at radius 2 is 2.24 bits per heavy atom. The summed E-state index contributed by atoms with van der Waals surface area (Å²) in [5.41, 5.74) is 1.55. The van der Waals surface area contributed by atoms with Gasteiger partial charge in [0.1, 0.15) is 0 Å². The summed E-state index contributed by atoms with van der Waals surface area (Å²) in [5, 5.41) is 5.89. The van der Waals surface area contributed by atoms with Crippen molar-refractivity contribution in [3.05, 3.63) is 36.9 Å². The third-order valence-electron chi connectivity index (χ3n) is 4.48. The second kappa shape index (κ2) is 7.67. The van der Waals surface area contributed by atoms with Gasteiger partial charge < -0.3 is 19.8 Å². The monoisotopic (exact) mass is 344 g/mol. The number of oxazole rings is 1. The molecule has 7 nitrogen and oxygen atoms in total. The Morgan fingerprint density at radius 3 is 2.92 bits per heavy atom. The van der Waals surface area contributed by atoms with E-state index < -0.39 is 0 Å². The second-order valence-electron chi connectivity index (χ2n) is 6.47. The molecule has 1 saturated heterocycles. The molecule has 134 valence electrons. The van der Waals surface area contributed by atoms with E-state index in [0.717, 1.165) is 18.7 Å². The smallest absolute Gasteiger partial charge is 0.319 e. The van der Waals surface area contributed by atoms with Crippen molar-refractivity contribution >= 4 is 11.7 Å². The molecule has 7 heteroatoms. The quantitative estimate of drug-likeness (QED) is 0.871. The maximum atomic E-state index is 12.4. The van der Waals surface area contributed by atoms with E-state index in [-0.39, 0.29) is 18.2 Å². The molecule has 0 bridgehead atoms. The Balaban J connectivity index is 1.62. The predicted octanol–water partition coefficient (Wildman–Crippen LogP) is 2.57. The number of ether oxygens (including phenoxy) is 1. The third-order valence-corrected chi connectivity index (χ3v) is 4.48. The number of aromatic nitrogens is 1. The number of amides is 2. The number of likely N-dealkylation sites (tertiary alicyclic amines) is 1. The lowest BCUT2D eigenvalue weighted by Gasteiger charge is -2.20. The first-order valence-corrected chi connectivity index (χ1v) is 8.40. The number of nitrogens with one attached hydrogen (secondary N) is 2. The van der Waals surface area contributed by atoms with Crippen LogP contribution in [0.4, 0.5) is 10.5 Å². The van der Waals surface area contributed by atoms with Crippen LogP contribution < -0.4 is 10.6 Å². The van der Waals surface area contributed by atoms with Gasteiger partial charge in [-0.25, -0.2) is 9.78 Å². The molecule has 1 aliphatic rings. The van der Waals surface area contributed by atoms with Crippen LogP contribution in [-0.2, 0) is 4.74 Å². The lowest BCUT2D eigenvalue weighted by atomic mass is 10.1. The number of benzene rings is 1. The van der Waals surface area contributed by atoms with Gasteiger partial charge in [0.05, 0.1) is 18.3 Å². The molecule has 1 aromatic heterocycles. The normalized spacial score (nSPS) is 20.8. The van der Waals surface area contributed by atoms with Gasteiger partial charge in [0.15, 0.2) is 12.2 Å². The minimum atomic E-state index is -0.243. The van der Waals surface area contributed by atoms with E-state index in [0.29, 0.717) is 17.5 Å². The highest BCUT2D eigenvalue weighted by Gasteiger charge is 2.34. The molecule has 0 radical (unpaired) electrons. The van der Waals surface area contributed by atoms with E-state index in [2.05, 4.69) is 34.4 Å². The molecule has 3 rings (SSSR count). The Bertz CT molecular complexity index is 702. The molecule has 1 aliphatic heterocycles. The minimum Gasteiger partial charge on any atom is -0.444 e. The second-order valence-corrected chi connectivity index (χ2v) is 6.47. The first kappa shape index (κ1) is 17.4. The van der Waals surface area contributed by atoms with E-state index in [1.165, 1.54) is 6.39 Å². The molecular formula is C18H24N4O3. The van der Waals surface area contributed by atoms with Crippen LogP contribution in [0, 0.1) is 0 Å². The Labute approximate surface area is 147 Å². The Kier molecular flexibility index (Phi) is 5.35. The zero-order valence-corrected chi connectivity index (χ0v) is 14.7. The third kappa shape index (κ3) is 4.18. The molecule has 2 atom stereocenters. The first-order valence-electron chi connectivity index (χ1n) is 8.40. The van der Waals surface area contributed by atoms with Gasteiger partial charge in [-0.1, -0.05) is 12.1 Å². The fourth-order valence-electron chi connectivity index (χ4n) is 3.05. The number of nitrogens with zero attached hydrogens (tertiary/aromatic N) is 2. The number of carbonyl (C=O) groups excluding carboxylic acids is 1. The average molecular weight is 344 g/mol. The van der Waals surface area contributed by atoms with Crippen molar-refractivity contribution in [2.45, 2.75) is 32.0 Å². The van der Waals surface area contributed by atoms with Gasteiger partial charge >= 0.3 is 6.03 Å². The number of rotatable bonds is 5. The molecule has 1 aromatic carbocycles. The van der Waals surface area contributed by atoms with Crippen LogP contribution >= 0.6 is 0 Å². The fraction of sp³-hybridized carbons (Fsp3) is 0.444. The highest BCUT2D eigenvalue weighted by molar-refractivity contribution is 5.90. The molecule has 0 unspecified atom stereocenters. The fourth-order valence-corrected chi connectivity index (χ4v) is 3.05. The highest BCUT2D eigenvalue weighted by atomic mass is 16.5. The zero-order valence-electron chi connectivity index (χ0n) is 14.7. The molecule has 0 spiro atoms. The van der Waals surface area contributed by atoms with Gasteiger partial charge in [0, 0.05) is 37.5 Å². The topological polar surface area (TPSA) is 79.6 Å². The van der Waals surface area contributed by atoms with Crippen molar-refractivity contribution < 1.29 is 13.9 Å². The van der Waals surface area contributed by atoms with Crippen molar-refractivity contribution in [3.8, 4) is 11.3 Å². The van der Waals surface area contributed by atoms with E-state index in [1.807, 2.05) is 24.3 Å². The van der Waals surface area contributed by atoms with Crippen LogP contribution in [0.15, 0.2) is 41.3 Å². The van der Waals surface area contributed by atoms with Gasteiger partial charge in [-0.3, -0.25) is 4.90 Å². The first-order chi connectivity index (χ1) is 12.1. The Hall–Kier alpha value is -2.38. The van der Waals surface area contributed by atoms with Crippen LogP contribution in [0.1, 0.15) is 13.8 Å². The molecule has 2 N–H and O–H groups in total. The molecule has 0 aliphatic carbocycles. The largest absolute Gasteiger partial charge is 0.444 e. The standard InChI is InChI=1S/C18H24N4O3/c1-12(2)22-9-15(17(10-22)24-3)21-18(23)20-14-6-4-5-13(7-14)16-8-19-11-25-16/h4-8,11-12,15,17H,9-10H2,1-3H3,(H2,20,21,23)/t15-,17-/m0/s1. The number of hydrogen-bond acceptors (Lipinski definition) is 5. The molecular weight excluding hydrogens is 320 g/mol. The summed E-state index contributed by atoms with van der Waals surface area (Å²) in [6.45, 7) is 5.89. The summed E-state index contributed by atoms with van der Waals surface area (Å²) in [5.74, 6) is 0.659. The van der Waals surface area contributed by atoms with Crippen LogP contribution in [-0.4, -0.2) is 54.3 Å². The molecule has 1 fully saturated rings. The SMILES string of the molecule is CO[C@H]1CN(C(C)C)C[C@@H]1NC(=O)Nc1cccc(-c2cnco2)c1. The van der Waals surface area contributed by atoms with Gasteiger partial charge in [-0.15, -0.1) is 0 Å². The Morgan fingerprint density at radius 1 is 1.40 bits per heavy atom. The maximum absolute atomic E-state index is 12.4. The van der Waals surface area contributed by atoms with Crippen molar-refractivity contribution in [3.63, 3.8) is 0 Å². The summed E-state index contributed by atoms with van der Waals surface area (Å²) in [7, 11) is 1.68. The van der Waals surface area contributed by atoms with Gasteiger partial charge in [-0.2, -0.15) is 0 Å². The highest BCUT2D eigenvalue weighted by Crippen LogP contribution is 2.22. The lowest BCUT2D eigenvalue weighted by Crippen LogP contribution is -2.45. The average Bonchev–Trinajstić information content (AvgIpc) is 3.24. The van der Waals surface area contributed by atoms with Crippen molar-refractivity contribution in [2.75, 3.05) is 25.5 Å². The van der Waals surface area contributed by atoms with E-state index in [4.69, 9.17) is 9.15 Å². The summed E-state index contributed by atoms with van der Waals surface area (Å²) in [4.78, 5) is 18.6. The van der Waals surface area contributed by atoms with E-state index in [9.17, 15) is 4.79 Å². The van der Waals surface area contributed by atoms with E-state index in [1.54, 1.807) is 13.3 Å². The van der Waals surface area contributed by atoms with Crippen LogP contribution in [0.5, 0.6) is 0 Å². The van der Waals surface area contributed by atoms with Crippen molar-refractivity contribution in [2.24, 2.45) is 0 Å². The molecule has 2 heterocycles. The van der Waals surface area contributed by atoms with Crippen molar-refractivity contribution in [1.29, 1.82) is 0 Å². The number of urea groups is 1. The summed E-state index contributed by atoms with van der Waals surface area (Å²) in [6.07, 6.45) is 3.02. The molecule has 2 amide bonds. The maximum Gasteiger partial charge on any atom is 0.319 e. The predicted molar refractivity (Wildman–Crippen MR) is 95.4 cm³/mol. The number of hydrogen-bond donors (Lipinski definition) is 2. The summed E-state index contributed by atoms with van der Waals surface area (Å²) >= 11 is 0. The minimum absolute atomic E-state index is 0.00585. The van der Waals surface area contributed by atoms with Crippen LogP contribution in [0.2, 0.25) is 0 Å². The van der Waals surface area contributed by atoms with E-state index >= 15 is 0 Å². The number of anilines is 1. The van der Waals surface area contributed by atoms with Gasteiger partial charge in [0.25, 0.3) is 0 Å². The van der Waals surface area contributed by atoms with Crippen LogP contribution in [0.25, 0.3) is 11.3 Å². The van der Waals surface area contributed by atoms with Gasteiger partial charge in [-0.05, 0) is 26.0 Å². The summed E-state index contributed by atoms with van der Waals surface area (Å²) < 4.78 is 10.8. The van der Waals surface area contributed by atoms with Gasteiger partial charge in [0.2, 0.25) is 0 Å². The lowest BCUT2D eigenvalue weighted by molar-refractivity contribution is 0.0896.